The third-order valence-electron chi connectivity index (χ3n) is 6.03. The van der Waals surface area contributed by atoms with Crippen LogP contribution < -0.4 is 10.1 Å². The highest BCUT2D eigenvalue weighted by molar-refractivity contribution is 6.39. The van der Waals surface area contributed by atoms with Gasteiger partial charge in [0.1, 0.15) is 18.1 Å². The van der Waals surface area contributed by atoms with Crippen LogP contribution in [0.1, 0.15) is 33.0 Å². The van der Waals surface area contributed by atoms with Gasteiger partial charge in [-0.05, 0) is 43.7 Å². The molecule has 1 N–H and O–H groups in total. The number of benzene rings is 2. The SMILES string of the molecule is COc1ccc(Cn2ccnc2Cn2nc(C)c3c(Cl)c(C(=O)Nc4ccc(C)cc4)cnc32)cc1. The zero-order valence-corrected chi connectivity index (χ0v) is 21.0. The Morgan fingerprint density at radius 2 is 1.78 bits per heavy atom. The lowest BCUT2D eigenvalue weighted by Gasteiger charge is -2.10. The molecule has 0 aliphatic rings. The van der Waals surface area contributed by atoms with Crippen LogP contribution in [0.2, 0.25) is 5.02 Å². The van der Waals surface area contributed by atoms with Gasteiger partial charge >= 0.3 is 0 Å². The highest BCUT2D eigenvalue weighted by atomic mass is 35.5. The Morgan fingerprint density at radius 1 is 1.03 bits per heavy atom. The Bertz CT molecular complexity index is 1540. The molecule has 5 rings (SSSR count). The van der Waals surface area contributed by atoms with E-state index in [1.54, 1.807) is 18.0 Å². The van der Waals surface area contributed by atoms with Gasteiger partial charge in [-0.1, -0.05) is 41.4 Å². The molecular formula is C27H25ClN6O2. The van der Waals surface area contributed by atoms with Crippen molar-refractivity contribution in [3.63, 3.8) is 0 Å². The number of nitrogens with one attached hydrogen (secondary N) is 1. The molecule has 8 nitrogen and oxygen atoms in total. The first kappa shape index (κ1) is 23.6. The number of nitrogens with zero attached hydrogens (tertiary/aromatic N) is 5. The summed E-state index contributed by atoms with van der Waals surface area (Å²) in [5.41, 5.74) is 4.53. The van der Waals surface area contributed by atoms with Crippen LogP contribution >= 0.6 is 11.6 Å². The average molecular weight is 501 g/mol. The van der Waals surface area contributed by atoms with Crippen LogP contribution in [-0.4, -0.2) is 37.3 Å². The van der Waals surface area contributed by atoms with Crippen LogP contribution in [0.25, 0.3) is 11.0 Å². The van der Waals surface area contributed by atoms with Crippen molar-refractivity contribution in [3.8, 4) is 5.75 Å². The number of aromatic nitrogens is 5. The number of rotatable bonds is 7. The van der Waals surface area contributed by atoms with Crippen molar-refractivity contribution in [1.82, 2.24) is 24.3 Å². The molecule has 3 heterocycles. The highest BCUT2D eigenvalue weighted by Crippen LogP contribution is 2.29. The third kappa shape index (κ3) is 4.67. The summed E-state index contributed by atoms with van der Waals surface area (Å²) in [6.07, 6.45) is 5.20. The Morgan fingerprint density at radius 3 is 2.50 bits per heavy atom. The van der Waals surface area contributed by atoms with Crippen molar-refractivity contribution in [2.45, 2.75) is 26.9 Å². The molecule has 0 fully saturated rings. The second-order valence-corrected chi connectivity index (χ2v) is 8.95. The third-order valence-corrected chi connectivity index (χ3v) is 6.42. The van der Waals surface area contributed by atoms with E-state index in [2.05, 4.69) is 25.0 Å². The Kier molecular flexibility index (Phi) is 6.43. The zero-order valence-electron chi connectivity index (χ0n) is 20.2. The summed E-state index contributed by atoms with van der Waals surface area (Å²) in [5, 5.41) is 8.52. The van der Waals surface area contributed by atoms with Crippen molar-refractivity contribution in [3.05, 3.63) is 100 Å². The lowest BCUT2D eigenvalue weighted by molar-refractivity contribution is 0.102. The summed E-state index contributed by atoms with van der Waals surface area (Å²) in [5.74, 6) is 1.33. The van der Waals surface area contributed by atoms with E-state index in [0.717, 1.165) is 22.7 Å². The molecular weight excluding hydrogens is 476 g/mol. The smallest absolute Gasteiger partial charge is 0.258 e. The number of carbonyl (C=O) groups is 1. The fourth-order valence-corrected chi connectivity index (χ4v) is 4.43. The number of aryl methyl sites for hydroxylation is 2. The number of hydrogen-bond acceptors (Lipinski definition) is 5. The lowest BCUT2D eigenvalue weighted by Crippen LogP contribution is -2.13. The topological polar surface area (TPSA) is 86.9 Å². The maximum atomic E-state index is 12.9. The minimum absolute atomic E-state index is 0.299. The lowest BCUT2D eigenvalue weighted by atomic mass is 10.2. The molecule has 0 aliphatic carbocycles. The van der Waals surface area contributed by atoms with Gasteiger partial charge in [-0.2, -0.15) is 5.10 Å². The maximum Gasteiger partial charge on any atom is 0.258 e. The molecule has 0 unspecified atom stereocenters. The molecule has 0 saturated heterocycles. The second kappa shape index (κ2) is 9.83. The molecule has 182 valence electrons. The van der Waals surface area contributed by atoms with E-state index in [4.69, 9.17) is 16.3 Å². The number of imidazole rings is 1. The van der Waals surface area contributed by atoms with E-state index in [1.807, 2.05) is 68.6 Å². The van der Waals surface area contributed by atoms with E-state index in [9.17, 15) is 4.79 Å². The van der Waals surface area contributed by atoms with Crippen LogP contribution in [-0.2, 0) is 13.1 Å². The van der Waals surface area contributed by atoms with Crippen LogP contribution in [0.5, 0.6) is 5.75 Å². The minimum atomic E-state index is -0.319. The van der Waals surface area contributed by atoms with E-state index in [-0.39, 0.29) is 5.91 Å². The molecule has 0 saturated carbocycles. The number of amides is 1. The number of anilines is 1. The summed E-state index contributed by atoms with van der Waals surface area (Å²) >= 11 is 6.71. The van der Waals surface area contributed by atoms with Crippen molar-refractivity contribution in [2.24, 2.45) is 0 Å². The van der Waals surface area contributed by atoms with Gasteiger partial charge in [0.25, 0.3) is 5.91 Å². The van der Waals surface area contributed by atoms with Crippen LogP contribution in [0.4, 0.5) is 5.69 Å². The number of fused-ring (bicyclic) bond motifs is 1. The summed E-state index contributed by atoms with van der Waals surface area (Å²) in [4.78, 5) is 22.0. The largest absolute Gasteiger partial charge is 0.497 e. The van der Waals surface area contributed by atoms with E-state index >= 15 is 0 Å². The molecule has 0 radical (unpaired) electrons. The van der Waals surface area contributed by atoms with Crippen LogP contribution in [0, 0.1) is 13.8 Å². The molecule has 0 atom stereocenters. The molecule has 0 spiro atoms. The number of methoxy groups -OCH3 is 1. The second-order valence-electron chi connectivity index (χ2n) is 8.57. The highest BCUT2D eigenvalue weighted by Gasteiger charge is 2.20. The van der Waals surface area contributed by atoms with Crippen molar-refractivity contribution in [2.75, 3.05) is 12.4 Å². The monoisotopic (exact) mass is 500 g/mol. The zero-order chi connectivity index (χ0) is 25.2. The molecule has 0 bridgehead atoms. The quantitative estimate of drug-likeness (QED) is 0.329. The first-order valence-electron chi connectivity index (χ1n) is 11.5. The van der Waals surface area contributed by atoms with Crippen molar-refractivity contribution >= 4 is 34.2 Å². The molecule has 0 aliphatic heterocycles. The van der Waals surface area contributed by atoms with Gasteiger partial charge in [-0.15, -0.1) is 0 Å². The van der Waals surface area contributed by atoms with Gasteiger partial charge in [0.05, 0.1) is 28.8 Å². The molecule has 36 heavy (non-hydrogen) atoms. The minimum Gasteiger partial charge on any atom is -0.497 e. The molecule has 3 aromatic heterocycles. The fraction of sp³-hybridized carbons (Fsp3) is 0.185. The van der Waals surface area contributed by atoms with Gasteiger partial charge in [0.15, 0.2) is 5.65 Å². The van der Waals surface area contributed by atoms with Gasteiger partial charge in [-0.3, -0.25) is 4.79 Å². The van der Waals surface area contributed by atoms with E-state index in [0.29, 0.717) is 46.1 Å². The first-order valence-corrected chi connectivity index (χ1v) is 11.8. The molecule has 5 aromatic rings. The summed E-state index contributed by atoms with van der Waals surface area (Å²) in [7, 11) is 1.65. The Balaban J connectivity index is 1.40. The number of halogens is 1. The number of carbonyl (C=O) groups excluding carboxylic acids is 1. The van der Waals surface area contributed by atoms with Gasteiger partial charge in [-0.25, -0.2) is 14.6 Å². The number of pyridine rings is 1. The van der Waals surface area contributed by atoms with Gasteiger partial charge < -0.3 is 14.6 Å². The Labute approximate surface area is 213 Å². The van der Waals surface area contributed by atoms with Crippen LogP contribution in [0.3, 0.4) is 0 Å². The van der Waals surface area contributed by atoms with Crippen molar-refractivity contribution in [1.29, 1.82) is 0 Å². The summed E-state index contributed by atoms with van der Waals surface area (Å²) in [6.45, 7) is 4.92. The molecule has 1 amide bonds. The maximum absolute atomic E-state index is 12.9. The van der Waals surface area contributed by atoms with Crippen molar-refractivity contribution < 1.29 is 9.53 Å². The molecule has 9 heteroatoms. The summed E-state index contributed by atoms with van der Waals surface area (Å²) in [6, 6.07) is 15.5. The predicted octanol–water partition coefficient (Wildman–Crippen LogP) is 5.26. The van der Waals surface area contributed by atoms with E-state index in [1.165, 1.54) is 6.20 Å². The average Bonchev–Trinajstić information content (AvgIpc) is 3.45. The summed E-state index contributed by atoms with van der Waals surface area (Å²) < 4.78 is 9.08. The predicted molar refractivity (Wildman–Crippen MR) is 140 cm³/mol. The van der Waals surface area contributed by atoms with Crippen LogP contribution in [0.15, 0.2) is 67.1 Å². The number of hydrogen-bond donors (Lipinski definition) is 1. The molecule has 2 aromatic carbocycles. The standard InChI is InChI=1S/C27H25ClN6O2/c1-17-4-8-20(9-5-17)31-27(35)22-14-30-26-24(25(22)28)18(2)32-34(26)16-23-29-12-13-33(23)15-19-6-10-21(36-3)11-7-19/h4-14H,15-16H2,1-3H3,(H,31,35). The van der Waals surface area contributed by atoms with E-state index < -0.39 is 0 Å². The normalized spacial score (nSPS) is 11.1. The Hall–Kier alpha value is -4.17. The van der Waals surface area contributed by atoms with Gasteiger partial charge in [0, 0.05) is 30.8 Å². The first-order chi connectivity index (χ1) is 17.4. The number of ether oxygens (including phenoxy) is 1. The van der Waals surface area contributed by atoms with Gasteiger partial charge in [0.2, 0.25) is 0 Å². The fourth-order valence-electron chi connectivity index (χ4n) is 4.08.